The van der Waals surface area contributed by atoms with Gasteiger partial charge in [-0.05, 0) is 36.1 Å². The number of benzene rings is 1. The maximum absolute atomic E-state index is 13.1. The zero-order chi connectivity index (χ0) is 15.5. The molecule has 0 saturated heterocycles. The van der Waals surface area contributed by atoms with Crippen LogP contribution in [0.15, 0.2) is 18.2 Å². The highest BCUT2D eigenvalue weighted by Crippen LogP contribution is 2.20. The molecule has 0 aliphatic rings. The lowest BCUT2D eigenvalue weighted by atomic mass is 9.87. The molecule has 1 aromatic carbocycles. The largest absolute Gasteiger partial charge is 0.480 e. The number of hydrogen-bond donors (Lipinski definition) is 3. The zero-order valence-electron chi connectivity index (χ0n) is 12.0. The highest BCUT2D eigenvalue weighted by atomic mass is 19.1. The SMILES string of the molecule is Cc1cc(NC(=O)N[C@H](C(=O)O)C(C)(C)C)ccc1F. The molecule has 5 nitrogen and oxygen atoms in total. The van der Waals surface area contributed by atoms with E-state index < -0.39 is 23.5 Å². The number of nitrogens with one attached hydrogen (secondary N) is 2. The van der Waals surface area contributed by atoms with Gasteiger partial charge < -0.3 is 15.7 Å². The van der Waals surface area contributed by atoms with Crippen LogP contribution in [0.2, 0.25) is 0 Å². The monoisotopic (exact) mass is 282 g/mol. The molecule has 0 fully saturated rings. The molecule has 0 unspecified atom stereocenters. The second-order valence-corrected chi connectivity index (χ2v) is 5.70. The van der Waals surface area contributed by atoms with Crippen molar-refractivity contribution in [2.75, 3.05) is 5.32 Å². The average molecular weight is 282 g/mol. The third-order valence-electron chi connectivity index (χ3n) is 2.80. The van der Waals surface area contributed by atoms with Crippen molar-refractivity contribution < 1.29 is 19.1 Å². The Kier molecular flexibility index (Phi) is 4.70. The quantitative estimate of drug-likeness (QED) is 0.797. The summed E-state index contributed by atoms with van der Waals surface area (Å²) in [7, 11) is 0. The van der Waals surface area contributed by atoms with E-state index >= 15 is 0 Å². The standard InChI is InChI=1S/C14H19FN2O3/c1-8-7-9(5-6-10(8)15)16-13(20)17-11(12(18)19)14(2,3)4/h5-7,11H,1-4H3,(H,18,19)(H2,16,17,20)/t11-/m1/s1. The van der Waals surface area contributed by atoms with Crippen molar-refractivity contribution in [1.82, 2.24) is 5.32 Å². The molecular weight excluding hydrogens is 263 g/mol. The van der Waals surface area contributed by atoms with Gasteiger partial charge >= 0.3 is 12.0 Å². The van der Waals surface area contributed by atoms with Crippen molar-refractivity contribution in [2.45, 2.75) is 33.7 Å². The van der Waals surface area contributed by atoms with Crippen LogP contribution in [0.1, 0.15) is 26.3 Å². The lowest BCUT2D eigenvalue weighted by Gasteiger charge is -2.27. The number of carboxylic acids is 1. The van der Waals surface area contributed by atoms with Crippen LogP contribution in [0.5, 0.6) is 0 Å². The Morgan fingerprint density at radius 3 is 2.35 bits per heavy atom. The van der Waals surface area contributed by atoms with E-state index in [2.05, 4.69) is 10.6 Å². The number of aryl methyl sites for hydroxylation is 1. The van der Waals surface area contributed by atoms with E-state index in [9.17, 15) is 14.0 Å². The molecule has 0 aliphatic carbocycles. The second-order valence-electron chi connectivity index (χ2n) is 5.70. The molecule has 3 N–H and O–H groups in total. The molecule has 0 radical (unpaired) electrons. The summed E-state index contributed by atoms with van der Waals surface area (Å²) in [5.41, 5.74) is 0.176. The fraction of sp³-hybridized carbons (Fsp3) is 0.429. The highest BCUT2D eigenvalue weighted by molar-refractivity contribution is 5.92. The smallest absolute Gasteiger partial charge is 0.326 e. The second kappa shape index (κ2) is 5.90. The maximum Gasteiger partial charge on any atom is 0.326 e. The number of carbonyl (C=O) groups is 2. The molecule has 0 aliphatic heterocycles. The molecule has 0 aromatic heterocycles. The van der Waals surface area contributed by atoms with Gasteiger partial charge in [0, 0.05) is 5.69 Å². The molecule has 0 heterocycles. The number of carboxylic acid groups (broad SMARTS) is 1. The average Bonchev–Trinajstić information content (AvgIpc) is 2.29. The van der Waals surface area contributed by atoms with E-state index in [1.54, 1.807) is 27.7 Å². The number of anilines is 1. The van der Waals surface area contributed by atoms with Gasteiger partial charge in [-0.2, -0.15) is 0 Å². The number of urea groups is 1. The summed E-state index contributed by atoms with van der Waals surface area (Å²) < 4.78 is 13.1. The first-order valence-electron chi connectivity index (χ1n) is 6.17. The Balaban J connectivity index is 2.76. The topological polar surface area (TPSA) is 78.4 Å². The lowest BCUT2D eigenvalue weighted by molar-refractivity contribution is -0.141. The first kappa shape index (κ1) is 15.9. The molecular formula is C14H19FN2O3. The number of halogens is 1. The zero-order valence-corrected chi connectivity index (χ0v) is 12.0. The van der Waals surface area contributed by atoms with Gasteiger partial charge in [0.15, 0.2) is 0 Å². The van der Waals surface area contributed by atoms with Gasteiger partial charge in [-0.15, -0.1) is 0 Å². The molecule has 0 saturated carbocycles. The predicted molar refractivity (Wildman–Crippen MR) is 74.2 cm³/mol. The summed E-state index contributed by atoms with van der Waals surface area (Å²) in [5, 5.41) is 14.0. The molecule has 1 rings (SSSR count). The van der Waals surface area contributed by atoms with Crippen molar-refractivity contribution >= 4 is 17.7 Å². The van der Waals surface area contributed by atoms with Gasteiger partial charge in [-0.25, -0.2) is 14.0 Å². The van der Waals surface area contributed by atoms with Crippen LogP contribution >= 0.6 is 0 Å². The molecule has 1 atom stereocenters. The molecule has 0 spiro atoms. The number of amides is 2. The Labute approximate surface area is 117 Å². The van der Waals surface area contributed by atoms with Crippen LogP contribution < -0.4 is 10.6 Å². The van der Waals surface area contributed by atoms with Crippen molar-refractivity contribution in [3.8, 4) is 0 Å². The Bertz CT molecular complexity index is 524. The van der Waals surface area contributed by atoms with Crippen LogP contribution in [0.3, 0.4) is 0 Å². The van der Waals surface area contributed by atoms with Crippen LogP contribution in [-0.4, -0.2) is 23.1 Å². The molecule has 110 valence electrons. The van der Waals surface area contributed by atoms with Crippen molar-refractivity contribution in [3.05, 3.63) is 29.6 Å². The van der Waals surface area contributed by atoms with Gasteiger partial charge in [0.05, 0.1) is 0 Å². The summed E-state index contributed by atoms with van der Waals surface area (Å²) >= 11 is 0. The molecule has 6 heteroatoms. The molecule has 1 aromatic rings. The maximum atomic E-state index is 13.1. The summed E-state index contributed by atoms with van der Waals surface area (Å²) in [6, 6.07) is 2.46. The van der Waals surface area contributed by atoms with Gasteiger partial charge in [0.25, 0.3) is 0 Å². The van der Waals surface area contributed by atoms with Crippen molar-refractivity contribution in [3.63, 3.8) is 0 Å². The Morgan fingerprint density at radius 2 is 1.90 bits per heavy atom. The van der Waals surface area contributed by atoms with Crippen molar-refractivity contribution in [1.29, 1.82) is 0 Å². The number of hydrogen-bond acceptors (Lipinski definition) is 2. The van der Waals surface area contributed by atoms with E-state index in [-0.39, 0.29) is 5.82 Å². The molecule has 0 bridgehead atoms. The highest BCUT2D eigenvalue weighted by Gasteiger charge is 2.32. The minimum Gasteiger partial charge on any atom is -0.480 e. The number of rotatable bonds is 3. The minimum atomic E-state index is -1.11. The van der Waals surface area contributed by atoms with E-state index in [0.29, 0.717) is 11.3 Å². The minimum absolute atomic E-state index is 0.367. The van der Waals surface area contributed by atoms with Crippen molar-refractivity contribution in [2.24, 2.45) is 5.41 Å². The Hall–Kier alpha value is -2.11. The first-order valence-corrected chi connectivity index (χ1v) is 6.17. The molecule has 2 amide bonds. The summed E-state index contributed by atoms with van der Waals surface area (Å²) in [4.78, 5) is 22.9. The predicted octanol–water partition coefficient (Wildman–Crippen LogP) is 2.75. The van der Waals surface area contributed by atoms with E-state index in [0.717, 1.165) is 0 Å². The van der Waals surface area contributed by atoms with Gasteiger partial charge in [-0.1, -0.05) is 20.8 Å². The molecule has 20 heavy (non-hydrogen) atoms. The van der Waals surface area contributed by atoms with E-state index in [4.69, 9.17) is 5.11 Å². The summed E-state index contributed by atoms with van der Waals surface area (Å²) in [5.74, 6) is -1.48. The van der Waals surface area contributed by atoms with Gasteiger partial charge in [-0.3, -0.25) is 0 Å². The third-order valence-corrected chi connectivity index (χ3v) is 2.80. The third kappa shape index (κ3) is 4.22. The lowest BCUT2D eigenvalue weighted by Crippen LogP contribution is -2.50. The summed E-state index contributed by atoms with van der Waals surface area (Å²) in [6.07, 6.45) is 0. The van der Waals surface area contributed by atoms with E-state index in [1.807, 2.05) is 0 Å². The van der Waals surface area contributed by atoms with E-state index in [1.165, 1.54) is 18.2 Å². The van der Waals surface area contributed by atoms with Crippen LogP contribution in [0, 0.1) is 18.2 Å². The van der Waals surface area contributed by atoms with Crippen LogP contribution in [-0.2, 0) is 4.79 Å². The number of carbonyl (C=O) groups excluding carboxylic acids is 1. The Morgan fingerprint density at radius 1 is 1.30 bits per heavy atom. The van der Waals surface area contributed by atoms with Crippen LogP contribution in [0.4, 0.5) is 14.9 Å². The fourth-order valence-electron chi connectivity index (χ4n) is 1.67. The van der Waals surface area contributed by atoms with Crippen LogP contribution in [0.25, 0.3) is 0 Å². The normalized spacial score (nSPS) is 12.7. The fourth-order valence-corrected chi connectivity index (χ4v) is 1.67. The number of aliphatic carboxylic acids is 1. The van der Waals surface area contributed by atoms with Gasteiger partial charge in [0.2, 0.25) is 0 Å². The summed E-state index contributed by atoms with van der Waals surface area (Å²) in [6.45, 7) is 6.73. The first-order chi connectivity index (χ1) is 9.11. The van der Waals surface area contributed by atoms with Gasteiger partial charge in [0.1, 0.15) is 11.9 Å².